The van der Waals surface area contributed by atoms with Crippen LogP contribution < -0.4 is 10.6 Å². The number of hydrogen-bond donors (Lipinski definition) is 1. The highest BCUT2D eigenvalue weighted by molar-refractivity contribution is 6.32. The van der Waals surface area contributed by atoms with Gasteiger partial charge in [0.2, 0.25) is 11.8 Å². The number of hydrogen-bond acceptors (Lipinski definition) is 3. The fraction of sp³-hybridized carbons (Fsp3) is 0.250. The minimum atomic E-state index is -0.481. The van der Waals surface area contributed by atoms with Crippen LogP contribution in [-0.4, -0.2) is 18.4 Å². The van der Waals surface area contributed by atoms with Gasteiger partial charge < -0.3 is 10.6 Å². The number of amides is 2. The van der Waals surface area contributed by atoms with Crippen LogP contribution in [0.1, 0.15) is 12.0 Å². The summed E-state index contributed by atoms with van der Waals surface area (Å²) in [6.45, 7) is 0.260. The quantitative estimate of drug-likeness (QED) is 0.865. The van der Waals surface area contributed by atoms with E-state index in [0.29, 0.717) is 11.3 Å². The second-order valence-corrected chi connectivity index (χ2v) is 4.49. The first-order chi connectivity index (χ1) is 8.52. The van der Waals surface area contributed by atoms with E-state index in [2.05, 4.69) is 0 Å². The van der Waals surface area contributed by atoms with Crippen LogP contribution in [0.2, 0.25) is 5.02 Å². The predicted octanol–water partition coefficient (Wildman–Crippen LogP) is 1.05. The summed E-state index contributed by atoms with van der Waals surface area (Å²) in [5.74, 6) is -1.11. The Kier molecular flexibility index (Phi) is 3.21. The molecule has 1 atom stereocenters. The van der Waals surface area contributed by atoms with Crippen molar-refractivity contribution in [3.8, 4) is 6.07 Å². The van der Waals surface area contributed by atoms with E-state index in [1.807, 2.05) is 6.07 Å². The van der Waals surface area contributed by atoms with Crippen molar-refractivity contribution in [3.63, 3.8) is 0 Å². The SMILES string of the molecule is N#Cc1ccc(N2CC(C(N)=O)CC2=O)cc1Cl. The highest BCUT2D eigenvalue weighted by atomic mass is 35.5. The lowest BCUT2D eigenvalue weighted by Crippen LogP contribution is -2.28. The maximum absolute atomic E-state index is 11.8. The van der Waals surface area contributed by atoms with Crippen molar-refractivity contribution in [2.75, 3.05) is 11.4 Å². The van der Waals surface area contributed by atoms with Gasteiger partial charge in [-0.25, -0.2) is 0 Å². The number of primary amides is 1. The molecular formula is C12H10ClN3O2. The lowest BCUT2D eigenvalue weighted by molar-refractivity contribution is -0.123. The smallest absolute Gasteiger partial charge is 0.227 e. The van der Waals surface area contributed by atoms with E-state index in [0.717, 1.165) is 0 Å². The van der Waals surface area contributed by atoms with Crippen LogP contribution in [0.3, 0.4) is 0 Å². The van der Waals surface area contributed by atoms with Crippen LogP contribution in [0.15, 0.2) is 18.2 Å². The summed E-state index contributed by atoms with van der Waals surface area (Å²) in [7, 11) is 0. The second kappa shape index (κ2) is 4.67. The van der Waals surface area contributed by atoms with E-state index in [-0.39, 0.29) is 23.9 Å². The van der Waals surface area contributed by atoms with Gasteiger partial charge in [0.1, 0.15) is 6.07 Å². The molecule has 92 valence electrons. The minimum Gasteiger partial charge on any atom is -0.369 e. The molecule has 0 bridgehead atoms. The zero-order valence-electron chi connectivity index (χ0n) is 9.39. The maximum Gasteiger partial charge on any atom is 0.227 e. The Morgan fingerprint density at radius 3 is 2.78 bits per heavy atom. The van der Waals surface area contributed by atoms with Gasteiger partial charge in [0.25, 0.3) is 0 Å². The second-order valence-electron chi connectivity index (χ2n) is 4.08. The summed E-state index contributed by atoms with van der Waals surface area (Å²) in [5, 5.41) is 9.05. The summed E-state index contributed by atoms with van der Waals surface area (Å²) in [4.78, 5) is 24.3. The summed E-state index contributed by atoms with van der Waals surface area (Å²) >= 11 is 5.90. The van der Waals surface area contributed by atoms with Gasteiger partial charge in [-0.05, 0) is 18.2 Å². The lowest BCUT2D eigenvalue weighted by atomic mass is 10.1. The highest BCUT2D eigenvalue weighted by Gasteiger charge is 2.34. The Hall–Kier alpha value is -2.06. The zero-order valence-corrected chi connectivity index (χ0v) is 10.1. The van der Waals surface area contributed by atoms with Crippen molar-refractivity contribution in [2.24, 2.45) is 11.7 Å². The van der Waals surface area contributed by atoms with Gasteiger partial charge in [0.05, 0.1) is 16.5 Å². The number of nitrogens with zero attached hydrogens (tertiary/aromatic N) is 2. The number of nitrogens with two attached hydrogens (primary N) is 1. The number of carbonyl (C=O) groups excluding carboxylic acids is 2. The van der Waals surface area contributed by atoms with Crippen molar-refractivity contribution < 1.29 is 9.59 Å². The van der Waals surface area contributed by atoms with Gasteiger partial charge in [-0.15, -0.1) is 0 Å². The summed E-state index contributed by atoms with van der Waals surface area (Å²) in [6.07, 6.45) is 0.118. The van der Waals surface area contributed by atoms with Gasteiger partial charge >= 0.3 is 0 Å². The molecule has 2 N–H and O–H groups in total. The number of halogens is 1. The van der Waals surface area contributed by atoms with E-state index >= 15 is 0 Å². The van der Waals surface area contributed by atoms with Gasteiger partial charge in [0.15, 0.2) is 0 Å². The summed E-state index contributed by atoms with van der Waals surface area (Å²) in [5.41, 5.74) is 6.11. The van der Waals surface area contributed by atoms with Crippen LogP contribution >= 0.6 is 11.6 Å². The summed E-state index contributed by atoms with van der Waals surface area (Å²) in [6, 6.07) is 6.66. The highest BCUT2D eigenvalue weighted by Crippen LogP contribution is 2.28. The molecule has 0 spiro atoms. The molecule has 2 amide bonds. The van der Waals surface area contributed by atoms with Crippen LogP contribution in [0.4, 0.5) is 5.69 Å². The van der Waals surface area contributed by atoms with E-state index in [1.165, 1.54) is 4.90 Å². The molecule has 0 aliphatic carbocycles. The number of nitriles is 1. The molecule has 6 heteroatoms. The maximum atomic E-state index is 11.8. The van der Waals surface area contributed by atoms with Gasteiger partial charge in [-0.2, -0.15) is 5.26 Å². The minimum absolute atomic E-state index is 0.118. The van der Waals surface area contributed by atoms with Crippen LogP contribution in [0, 0.1) is 17.2 Å². The normalized spacial score (nSPS) is 18.8. The Bertz CT molecular complexity index is 565. The Morgan fingerprint density at radius 2 is 2.28 bits per heavy atom. The summed E-state index contributed by atoms with van der Waals surface area (Å²) < 4.78 is 0. The molecule has 1 aromatic rings. The molecule has 1 heterocycles. The molecule has 18 heavy (non-hydrogen) atoms. The predicted molar refractivity (Wildman–Crippen MR) is 65.8 cm³/mol. The van der Waals surface area contributed by atoms with Gasteiger partial charge in [-0.3, -0.25) is 9.59 Å². The first kappa shape index (κ1) is 12.4. The molecule has 1 unspecified atom stereocenters. The molecule has 2 rings (SSSR count). The van der Waals surface area contributed by atoms with Crippen LogP contribution in [0.25, 0.3) is 0 Å². The topological polar surface area (TPSA) is 87.2 Å². The van der Waals surface area contributed by atoms with Crippen molar-refractivity contribution in [1.29, 1.82) is 5.26 Å². The first-order valence-electron chi connectivity index (χ1n) is 5.32. The molecule has 5 nitrogen and oxygen atoms in total. The molecule has 0 aromatic heterocycles. The van der Waals surface area contributed by atoms with Crippen molar-refractivity contribution in [3.05, 3.63) is 28.8 Å². The van der Waals surface area contributed by atoms with Gasteiger partial charge in [0, 0.05) is 18.7 Å². The molecule has 1 fully saturated rings. The first-order valence-corrected chi connectivity index (χ1v) is 5.70. The third-order valence-electron chi connectivity index (χ3n) is 2.91. The Balaban J connectivity index is 2.28. The monoisotopic (exact) mass is 263 g/mol. The molecule has 1 aromatic carbocycles. The lowest BCUT2D eigenvalue weighted by Gasteiger charge is -2.16. The third kappa shape index (κ3) is 2.15. The molecule has 1 aliphatic heterocycles. The third-order valence-corrected chi connectivity index (χ3v) is 3.22. The molecule has 0 radical (unpaired) electrons. The van der Waals surface area contributed by atoms with Gasteiger partial charge in [-0.1, -0.05) is 11.6 Å². The van der Waals surface area contributed by atoms with Crippen LogP contribution in [-0.2, 0) is 9.59 Å². The average molecular weight is 264 g/mol. The Labute approximate surface area is 109 Å². The largest absolute Gasteiger partial charge is 0.369 e. The molecular weight excluding hydrogens is 254 g/mol. The Morgan fingerprint density at radius 1 is 1.56 bits per heavy atom. The van der Waals surface area contributed by atoms with E-state index in [4.69, 9.17) is 22.6 Å². The van der Waals surface area contributed by atoms with Crippen molar-refractivity contribution in [1.82, 2.24) is 0 Å². The van der Waals surface area contributed by atoms with Crippen molar-refractivity contribution >= 4 is 29.1 Å². The molecule has 1 aliphatic rings. The molecule has 0 saturated carbocycles. The van der Waals surface area contributed by atoms with E-state index < -0.39 is 11.8 Å². The number of benzene rings is 1. The number of anilines is 1. The zero-order chi connectivity index (χ0) is 13.3. The molecule has 1 saturated heterocycles. The van der Waals surface area contributed by atoms with Crippen LogP contribution in [0.5, 0.6) is 0 Å². The fourth-order valence-electron chi connectivity index (χ4n) is 1.91. The number of carbonyl (C=O) groups is 2. The standard InChI is InChI=1S/C12H10ClN3O2/c13-10-4-9(2-1-7(10)5-14)16-6-8(12(15)18)3-11(16)17/h1-2,4,8H,3,6H2,(H2,15,18). The van der Waals surface area contributed by atoms with E-state index in [9.17, 15) is 9.59 Å². The average Bonchev–Trinajstić information content (AvgIpc) is 2.71. The number of rotatable bonds is 2. The fourth-order valence-corrected chi connectivity index (χ4v) is 2.13. The van der Waals surface area contributed by atoms with Crippen molar-refractivity contribution in [2.45, 2.75) is 6.42 Å². The van der Waals surface area contributed by atoms with E-state index in [1.54, 1.807) is 18.2 Å².